The fourth-order valence-corrected chi connectivity index (χ4v) is 11.9. The summed E-state index contributed by atoms with van der Waals surface area (Å²) in [7, 11) is 0. The zero-order valence-electron chi connectivity index (χ0n) is 30.9. The Bertz CT molecular complexity index is 1350. The molecule has 8 atom stereocenters. The second-order valence-electron chi connectivity index (χ2n) is 19.0. The largest absolute Gasteiger partial charge is 0.481 e. The van der Waals surface area contributed by atoms with Crippen LogP contribution in [0.25, 0.3) is 0 Å². The van der Waals surface area contributed by atoms with Crippen LogP contribution in [-0.4, -0.2) is 46.2 Å². The van der Waals surface area contributed by atoms with E-state index in [0.29, 0.717) is 24.2 Å². The zero-order chi connectivity index (χ0) is 35.1. The first-order chi connectivity index (χ1) is 21.5. The Labute approximate surface area is 282 Å². The lowest BCUT2D eigenvalue weighted by Crippen LogP contribution is -2.64. The first-order valence-electron chi connectivity index (χ1n) is 18.2. The Balaban J connectivity index is 1.43. The van der Waals surface area contributed by atoms with Gasteiger partial charge in [0.05, 0.1) is 17.4 Å². The van der Waals surface area contributed by atoms with Crippen molar-refractivity contribution in [1.29, 1.82) is 0 Å². The van der Waals surface area contributed by atoms with Gasteiger partial charge in [-0.25, -0.2) is 4.79 Å². The van der Waals surface area contributed by atoms with E-state index in [4.69, 9.17) is 9.47 Å². The number of carbonyl (C=O) groups excluding carboxylic acids is 3. The number of carboxylic acid groups (broad SMARTS) is 1. The molecule has 4 saturated carbocycles. The molecule has 0 aromatic heterocycles. The number of ether oxygens (including phenoxy) is 2. The second kappa shape index (κ2) is 11.6. The van der Waals surface area contributed by atoms with Crippen molar-refractivity contribution in [2.24, 2.45) is 51.2 Å². The molecule has 8 nitrogen and oxygen atoms in total. The summed E-state index contributed by atoms with van der Waals surface area (Å²) in [5, 5.41) is 12.6. The van der Waals surface area contributed by atoms with Gasteiger partial charge < -0.3 is 19.9 Å². The van der Waals surface area contributed by atoms with Crippen LogP contribution in [0, 0.1) is 51.2 Å². The van der Waals surface area contributed by atoms with Gasteiger partial charge in [0.15, 0.2) is 5.78 Å². The summed E-state index contributed by atoms with van der Waals surface area (Å²) in [6.45, 7) is 22.7. The third kappa shape index (κ3) is 5.96. The molecular formula is C39H61NO7. The Kier molecular flexibility index (Phi) is 8.87. The van der Waals surface area contributed by atoms with Crippen LogP contribution in [0.2, 0.25) is 0 Å². The number of amides is 1. The van der Waals surface area contributed by atoms with Crippen molar-refractivity contribution in [3.8, 4) is 0 Å². The van der Waals surface area contributed by atoms with Crippen LogP contribution in [-0.2, 0) is 23.9 Å². The van der Waals surface area contributed by atoms with Gasteiger partial charge in [-0.15, -0.1) is 0 Å². The summed E-state index contributed by atoms with van der Waals surface area (Å²) < 4.78 is 11.9. The van der Waals surface area contributed by atoms with Crippen molar-refractivity contribution in [3.63, 3.8) is 0 Å². The second-order valence-corrected chi connectivity index (χ2v) is 19.0. The number of alkyl carbamates (subject to hydrolysis) is 1. The minimum atomic E-state index is -1.08. The predicted molar refractivity (Wildman–Crippen MR) is 180 cm³/mol. The number of ketones is 1. The highest BCUT2D eigenvalue weighted by Gasteiger charge is 2.67. The molecule has 264 valence electrons. The quantitative estimate of drug-likeness (QED) is 0.277. The molecule has 0 saturated heterocycles. The molecule has 5 rings (SSSR count). The molecule has 0 aliphatic heterocycles. The smallest absolute Gasteiger partial charge is 0.408 e. The number of Topliss-reactive ketones (excluding diaryl/α,β-unsaturated/α-hetero) is 1. The summed E-state index contributed by atoms with van der Waals surface area (Å²) in [6, 6.07) is 0. The van der Waals surface area contributed by atoms with E-state index in [0.717, 1.165) is 56.9 Å². The summed E-state index contributed by atoms with van der Waals surface area (Å²) >= 11 is 0. The summed E-state index contributed by atoms with van der Waals surface area (Å²) in [5.74, 6) is 0.405. The number of carboxylic acids is 1. The van der Waals surface area contributed by atoms with Gasteiger partial charge in [-0.1, -0.05) is 41.5 Å². The highest BCUT2D eigenvalue weighted by molar-refractivity contribution is 6.02. The molecule has 47 heavy (non-hydrogen) atoms. The molecule has 5 aliphatic carbocycles. The number of carbonyl (C=O) groups is 4. The normalized spacial score (nSPS) is 38.1. The Morgan fingerprint density at radius 1 is 0.894 bits per heavy atom. The van der Waals surface area contributed by atoms with E-state index in [1.807, 2.05) is 20.8 Å². The van der Waals surface area contributed by atoms with E-state index >= 15 is 0 Å². The minimum absolute atomic E-state index is 0.0744. The maximum absolute atomic E-state index is 13.7. The van der Waals surface area contributed by atoms with Crippen molar-refractivity contribution in [2.75, 3.05) is 0 Å². The fourth-order valence-electron chi connectivity index (χ4n) is 11.9. The number of rotatable bonds is 6. The molecule has 1 amide bonds. The molecule has 2 N–H and O–H groups in total. The van der Waals surface area contributed by atoms with Crippen molar-refractivity contribution >= 4 is 23.8 Å². The molecule has 0 aromatic rings. The molecule has 8 heteroatoms. The topological polar surface area (TPSA) is 119 Å². The summed E-state index contributed by atoms with van der Waals surface area (Å²) in [5.41, 5.74) is -0.302. The third-order valence-corrected chi connectivity index (χ3v) is 13.7. The molecule has 0 spiro atoms. The number of nitrogens with one attached hydrogen (secondary N) is 1. The first kappa shape index (κ1) is 35.9. The maximum atomic E-state index is 13.7. The number of allylic oxidation sites excluding steroid dienone is 1. The summed E-state index contributed by atoms with van der Waals surface area (Å²) in [4.78, 5) is 51.6. The maximum Gasteiger partial charge on any atom is 0.408 e. The molecule has 0 bridgehead atoms. The van der Waals surface area contributed by atoms with Gasteiger partial charge in [-0.05, 0) is 138 Å². The average Bonchev–Trinajstić information content (AvgIpc) is 3.19. The van der Waals surface area contributed by atoms with Crippen LogP contribution in [0.4, 0.5) is 4.79 Å². The molecule has 0 heterocycles. The van der Waals surface area contributed by atoms with E-state index in [9.17, 15) is 24.3 Å². The van der Waals surface area contributed by atoms with Crippen LogP contribution < -0.4 is 5.32 Å². The summed E-state index contributed by atoms with van der Waals surface area (Å²) in [6.07, 6.45) is 7.06. The van der Waals surface area contributed by atoms with Gasteiger partial charge >= 0.3 is 18.0 Å². The van der Waals surface area contributed by atoms with E-state index in [1.165, 1.54) is 5.57 Å². The number of hydrogen-bond acceptors (Lipinski definition) is 6. The van der Waals surface area contributed by atoms with Crippen LogP contribution >= 0.6 is 0 Å². The molecule has 5 aliphatic rings. The Hall–Kier alpha value is -2.38. The van der Waals surface area contributed by atoms with Crippen LogP contribution in [0.1, 0.15) is 140 Å². The van der Waals surface area contributed by atoms with Crippen molar-refractivity contribution in [3.05, 3.63) is 11.1 Å². The first-order valence-corrected chi connectivity index (χ1v) is 18.2. The minimum Gasteiger partial charge on any atom is -0.481 e. The number of fused-ring (bicyclic) bond motifs is 7. The molecule has 0 aromatic carbocycles. The number of hydrogen-bond donors (Lipinski definition) is 2. The third-order valence-electron chi connectivity index (χ3n) is 13.7. The standard InChI is InChI=1S/C39H61NO7/c1-22(2)30-25(41)20-39(40-33(45)47-34(3,4)5)19-14-24-23(31(30)39)12-13-27-37(24,10)17-15-26-36(8,9)28(16-18-38(26,27)11)46-32(44)35(6,7)21-29(42)43/h22-24,26-28H,12-21H2,1-11H3,(H,40,45)(H,42,43)/t23-,24?,26?,27?,28-,37-,38-,39+/m0/s1. The molecule has 0 radical (unpaired) electrons. The predicted octanol–water partition coefficient (Wildman–Crippen LogP) is 8.27. The SMILES string of the molecule is CC(C)C1=C2[C@H]3CCC4[C@@](C)(CCC5C(C)(C)[C@@H](OC(=O)C(C)(C)CC(=O)O)CC[C@@]54C)C3CC[C@@]2(NC(=O)OC(C)(C)C)CC1=O. The highest BCUT2D eigenvalue weighted by atomic mass is 16.6. The number of aliphatic carboxylic acids is 1. The number of esters is 1. The van der Waals surface area contributed by atoms with Gasteiger partial charge in [0.25, 0.3) is 0 Å². The van der Waals surface area contributed by atoms with Crippen molar-refractivity contribution < 1.29 is 33.8 Å². The molecular weight excluding hydrogens is 594 g/mol. The van der Waals surface area contributed by atoms with Crippen LogP contribution in [0.5, 0.6) is 0 Å². The average molecular weight is 656 g/mol. The van der Waals surface area contributed by atoms with Crippen LogP contribution in [0.15, 0.2) is 11.1 Å². The van der Waals surface area contributed by atoms with E-state index < -0.39 is 34.6 Å². The lowest BCUT2D eigenvalue weighted by atomic mass is 9.37. The lowest BCUT2D eigenvalue weighted by molar-refractivity contribution is -0.216. The van der Waals surface area contributed by atoms with Gasteiger partial charge in [0.1, 0.15) is 11.7 Å². The monoisotopic (exact) mass is 655 g/mol. The molecule has 4 fully saturated rings. The van der Waals surface area contributed by atoms with Gasteiger partial charge in [-0.3, -0.25) is 14.4 Å². The lowest BCUT2D eigenvalue weighted by Gasteiger charge is -2.68. The van der Waals surface area contributed by atoms with E-state index in [-0.39, 0.29) is 46.4 Å². The van der Waals surface area contributed by atoms with E-state index in [1.54, 1.807) is 13.8 Å². The van der Waals surface area contributed by atoms with E-state index in [2.05, 4.69) is 46.9 Å². The van der Waals surface area contributed by atoms with Crippen molar-refractivity contribution in [1.82, 2.24) is 5.32 Å². The Morgan fingerprint density at radius 2 is 1.53 bits per heavy atom. The zero-order valence-corrected chi connectivity index (χ0v) is 30.9. The molecule has 3 unspecified atom stereocenters. The fraction of sp³-hybridized carbons (Fsp3) is 0.846. The Morgan fingerprint density at radius 3 is 2.13 bits per heavy atom. The van der Waals surface area contributed by atoms with Gasteiger partial charge in [0.2, 0.25) is 0 Å². The van der Waals surface area contributed by atoms with Crippen molar-refractivity contribution in [2.45, 2.75) is 158 Å². The van der Waals surface area contributed by atoms with Gasteiger partial charge in [0, 0.05) is 11.8 Å². The van der Waals surface area contributed by atoms with Crippen LogP contribution in [0.3, 0.4) is 0 Å². The highest BCUT2D eigenvalue weighted by Crippen LogP contribution is 2.72. The van der Waals surface area contributed by atoms with Gasteiger partial charge in [-0.2, -0.15) is 0 Å².